The van der Waals surface area contributed by atoms with Crippen molar-refractivity contribution in [3.05, 3.63) is 16.6 Å². The first-order valence-corrected chi connectivity index (χ1v) is 8.96. The number of aldehydes is 1. The standard InChI is InChI=1S/C17H19BrO8/c1-17(2)25-14-13(12(6-19)24-16(20-3)15(14)26-17)23-9-5-11-10(4-8(9)18)21-7-22-11/h4-6,12-16H,7H2,1-3H3/t12-,13-,14+,15+,16+/m1/s1. The Kier molecular flexibility index (Phi) is 4.60. The van der Waals surface area contributed by atoms with Crippen molar-refractivity contribution in [1.29, 1.82) is 0 Å². The second-order valence-corrected chi connectivity index (χ2v) is 7.48. The fourth-order valence-corrected chi connectivity index (χ4v) is 3.76. The molecule has 1 aromatic rings. The Morgan fingerprint density at radius 1 is 1.19 bits per heavy atom. The first-order chi connectivity index (χ1) is 12.4. The first-order valence-electron chi connectivity index (χ1n) is 8.17. The fraction of sp³-hybridized carbons (Fsp3) is 0.588. The van der Waals surface area contributed by atoms with E-state index in [0.29, 0.717) is 28.0 Å². The number of carbonyl (C=O) groups is 1. The Hall–Kier alpha value is -1.39. The van der Waals surface area contributed by atoms with Crippen molar-refractivity contribution in [2.75, 3.05) is 13.9 Å². The third-order valence-corrected chi connectivity index (χ3v) is 5.05. The Morgan fingerprint density at radius 2 is 1.88 bits per heavy atom. The molecule has 0 spiro atoms. The number of hydrogen-bond donors (Lipinski definition) is 0. The van der Waals surface area contributed by atoms with Crippen LogP contribution in [0.15, 0.2) is 16.6 Å². The van der Waals surface area contributed by atoms with E-state index in [1.54, 1.807) is 26.0 Å². The summed E-state index contributed by atoms with van der Waals surface area (Å²) in [6.45, 7) is 3.74. The average molecular weight is 431 g/mol. The molecule has 0 radical (unpaired) electrons. The Morgan fingerprint density at radius 3 is 2.58 bits per heavy atom. The van der Waals surface area contributed by atoms with Crippen LogP contribution in [-0.2, 0) is 23.7 Å². The van der Waals surface area contributed by atoms with E-state index >= 15 is 0 Å². The zero-order valence-electron chi connectivity index (χ0n) is 14.5. The van der Waals surface area contributed by atoms with Gasteiger partial charge in [-0.15, -0.1) is 0 Å². The van der Waals surface area contributed by atoms with Gasteiger partial charge >= 0.3 is 0 Å². The molecular weight excluding hydrogens is 412 g/mol. The van der Waals surface area contributed by atoms with Gasteiger partial charge in [0.25, 0.3) is 0 Å². The minimum atomic E-state index is -0.879. The molecule has 0 aromatic heterocycles. The predicted octanol–water partition coefficient (Wildman–Crippen LogP) is 2.02. The van der Waals surface area contributed by atoms with Crippen molar-refractivity contribution in [3.63, 3.8) is 0 Å². The zero-order chi connectivity index (χ0) is 18.5. The molecule has 2 saturated heterocycles. The first kappa shape index (κ1) is 18.0. The molecule has 0 amide bonds. The van der Waals surface area contributed by atoms with E-state index in [-0.39, 0.29) is 6.79 Å². The second kappa shape index (κ2) is 6.65. The van der Waals surface area contributed by atoms with Crippen LogP contribution in [0.2, 0.25) is 0 Å². The lowest BCUT2D eigenvalue weighted by molar-refractivity contribution is -0.254. The Labute approximate surface area is 158 Å². The molecule has 2 fully saturated rings. The van der Waals surface area contributed by atoms with Crippen LogP contribution in [0, 0.1) is 0 Å². The Balaban J connectivity index is 1.64. The molecular formula is C17H19BrO8. The molecule has 3 aliphatic rings. The number of hydrogen-bond acceptors (Lipinski definition) is 8. The van der Waals surface area contributed by atoms with Gasteiger partial charge in [-0.3, -0.25) is 0 Å². The third kappa shape index (κ3) is 3.07. The van der Waals surface area contributed by atoms with E-state index in [1.807, 2.05) is 0 Å². The number of fused-ring (bicyclic) bond motifs is 2. The monoisotopic (exact) mass is 430 g/mol. The van der Waals surface area contributed by atoms with Gasteiger partial charge in [-0.1, -0.05) is 0 Å². The van der Waals surface area contributed by atoms with Crippen LogP contribution in [0.4, 0.5) is 0 Å². The van der Waals surface area contributed by atoms with Crippen molar-refractivity contribution in [3.8, 4) is 17.2 Å². The summed E-state index contributed by atoms with van der Waals surface area (Å²) in [7, 11) is 1.49. The number of halogens is 1. The lowest BCUT2D eigenvalue weighted by atomic mass is 9.99. The van der Waals surface area contributed by atoms with Crippen molar-refractivity contribution in [1.82, 2.24) is 0 Å². The summed E-state index contributed by atoms with van der Waals surface area (Å²) in [6, 6.07) is 3.45. The van der Waals surface area contributed by atoms with Crippen LogP contribution < -0.4 is 14.2 Å². The summed E-state index contributed by atoms with van der Waals surface area (Å²) >= 11 is 3.45. The molecule has 0 unspecified atom stereocenters. The van der Waals surface area contributed by atoms with E-state index in [0.717, 1.165) is 0 Å². The van der Waals surface area contributed by atoms with Gasteiger partial charge in [-0.05, 0) is 29.8 Å². The summed E-state index contributed by atoms with van der Waals surface area (Å²) in [6.07, 6.45) is -2.71. The molecule has 4 rings (SSSR count). The largest absolute Gasteiger partial charge is 0.483 e. The highest BCUT2D eigenvalue weighted by atomic mass is 79.9. The summed E-state index contributed by atoms with van der Waals surface area (Å²) in [5.41, 5.74) is 0. The average Bonchev–Trinajstić information content (AvgIpc) is 3.17. The molecule has 9 heteroatoms. The minimum absolute atomic E-state index is 0.153. The smallest absolute Gasteiger partial charge is 0.231 e. The normalized spacial score (nSPS) is 34.4. The van der Waals surface area contributed by atoms with Gasteiger partial charge in [0.2, 0.25) is 6.79 Å². The highest BCUT2D eigenvalue weighted by molar-refractivity contribution is 9.10. The van der Waals surface area contributed by atoms with Crippen LogP contribution in [0.3, 0.4) is 0 Å². The van der Waals surface area contributed by atoms with Gasteiger partial charge in [-0.2, -0.15) is 0 Å². The number of methoxy groups -OCH3 is 1. The van der Waals surface area contributed by atoms with Crippen LogP contribution in [0.25, 0.3) is 0 Å². The fourth-order valence-electron chi connectivity index (χ4n) is 3.35. The number of ether oxygens (including phenoxy) is 7. The van der Waals surface area contributed by atoms with Crippen LogP contribution in [0.1, 0.15) is 13.8 Å². The maximum atomic E-state index is 11.6. The predicted molar refractivity (Wildman–Crippen MR) is 90.2 cm³/mol. The molecule has 0 aliphatic carbocycles. The third-order valence-electron chi connectivity index (χ3n) is 4.43. The van der Waals surface area contributed by atoms with E-state index in [1.165, 1.54) is 7.11 Å². The SMILES string of the molecule is CO[C@H]1O[C@H](C=O)[C@@H](Oc2cc3c(cc2Br)OCO3)[C@@H]2OC(C)(C)O[C@H]12. The van der Waals surface area contributed by atoms with Crippen molar-refractivity contribution >= 4 is 22.2 Å². The van der Waals surface area contributed by atoms with Crippen LogP contribution >= 0.6 is 15.9 Å². The lowest BCUT2D eigenvalue weighted by Crippen LogP contribution is -2.59. The molecule has 0 bridgehead atoms. The molecule has 1 aromatic carbocycles. The molecule has 8 nitrogen and oxygen atoms in total. The molecule has 5 atom stereocenters. The number of carbonyl (C=O) groups excluding carboxylic acids is 1. The molecule has 26 heavy (non-hydrogen) atoms. The molecule has 3 heterocycles. The van der Waals surface area contributed by atoms with E-state index in [4.69, 9.17) is 33.2 Å². The quantitative estimate of drug-likeness (QED) is 0.670. The maximum Gasteiger partial charge on any atom is 0.231 e. The summed E-state index contributed by atoms with van der Waals surface area (Å²) < 4.78 is 40.4. The van der Waals surface area contributed by atoms with Crippen molar-refractivity contribution in [2.24, 2.45) is 0 Å². The highest BCUT2D eigenvalue weighted by Gasteiger charge is 2.56. The second-order valence-electron chi connectivity index (χ2n) is 6.62. The highest BCUT2D eigenvalue weighted by Crippen LogP contribution is 2.43. The summed E-state index contributed by atoms with van der Waals surface area (Å²) in [5, 5.41) is 0. The molecule has 0 saturated carbocycles. The van der Waals surface area contributed by atoms with Gasteiger partial charge in [0.05, 0.1) is 4.47 Å². The number of rotatable bonds is 4. The van der Waals surface area contributed by atoms with E-state index in [2.05, 4.69) is 15.9 Å². The lowest BCUT2D eigenvalue weighted by Gasteiger charge is -2.39. The zero-order valence-corrected chi connectivity index (χ0v) is 16.1. The minimum Gasteiger partial charge on any atom is -0.483 e. The van der Waals surface area contributed by atoms with Gasteiger partial charge < -0.3 is 38.0 Å². The summed E-state index contributed by atoms with van der Waals surface area (Å²) in [5.74, 6) is 0.825. The van der Waals surface area contributed by atoms with Gasteiger partial charge in [0.15, 0.2) is 42.1 Å². The van der Waals surface area contributed by atoms with Gasteiger partial charge in [0.1, 0.15) is 18.0 Å². The number of benzene rings is 1. The van der Waals surface area contributed by atoms with Crippen molar-refractivity contribution in [2.45, 2.75) is 50.3 Å². The molecule has 0 N–H and O–H groups in total. The van der Waals surface area contributed by atoms with Crippen molar-refractivity contribution < 1.29 is 38.0 Å². The summed E-state index contributed by atoms with van der Waals surface area (Å²) in [4.78, 5) is 11.6. The van der Waals surface area contributed by atoms with E-state index < -0.39 is 36.5 Å². The molecule has 142 valence electrons. The molecule has 3 aliphatic heterocycles. The maximum absolute atomic E-state index is 11.6. The van der Waals surface area contributed by atoms with Crippen LogP contribution in [0.5, 0.6) is 17.2 Å². The van der Waals surface area contributed by atoms with Gasteiger partial charge in [0, 0.05) is 19.2 Å². The van der Waals surface area contributed by atoms with Gasteiger partial charge in [-0.25, -0.2) is 0 Å². The Bertz CT molecular complexity index is 708. The van der Waals surface area contributed by atoms with E-state index in [9.17, 15) is 4.79 Å². The van der Waals surface area contributed by atoms with Crippen LogP contribution in [-0.4, -0.2) is 56.7 Å². The topological polar surface area (TPSA) is 81.7 Å².